The lowest BCUT2D eigenvalue weighted by atomic mass is 10.1. The summed E-state index contributed by atoms with van der Waals surface area (Å²) >= 11 is 0. The van der Waals surface area contributed by atoms with Crippen molar-refractivity contribution in [1.29, 1.82) is 0 Å². The van der Waals surface area contributed by atoms with Crippen LogP contribution in [-0.2, 0) is 4.79 Å². The predicted molar refractivity (Wildman–Crippen MR) is 78.4 cm³/mol. The van der Waals surface area contributed by atoms with Crippen molar-refractivity contribution in [3.05, 3.63) is 28.8 Å². The number of nitrogens with zero attached hydrogens (tertiary/aromatic N) is 1. The number of aliphatic carboxylic acids is 1. The van der Waals surface area contributed by atoms with E-state index in [1.54, 1.807) is 0 Å². The number of urea groups is 1. The minimum Gasteiger partial charge on any atom is -0.480 e. The van der Waals surface area contributed by atoms with E-state index in [0.717, 1.165) is 16.7 Å². The lowest BCUT2D eigenvalue weighted by Gasteiger charge is -2.23. The standard InChI is InChI=1S/C15H20N2O4/c1-8-4-9(2)13(10(3)5-8)16-15(21)17-7-11(18)6-12(17)14(19)20/h4-5,11-12,18H,6-7H2,1-3H3,(H,16,21)(H,19,20)/t11-,12-/m0/s1. The summed E-state index contributed by atoms with van der Waals surface area (Å²) in [6, 6.07) is 2.44. The zero-order valence-electron chi connectivity index (χ0n) is 12.4. The molecule has 21 heavy (non-hydrogen) atoms. The number of nitrogens with one attached hydrogen (secondary N) is 1. The van der Waals surface area contributed by atoms with Gasteiger partial charge in [0.15, 0.2) is 0 Å². The highest BCUT2D eigenvalue weighted by Crippen LogP contribution is 2.24. The highest BCUT2D eigenvalue weighted by Gasteiger charge is 2.39. The maximum Gasteiger partial charge on any atom is 0.326 e. The van der Waals surface area contributed by atoms with Gasteiger partial charge in [0.05, 0.1) is 6.10 Å². The molecule has 1 saturated heterocycles. The minimum absolute atomic E-state index is 0.0345. The number of aryl methyl sites for hydroxylation is 3. The maximum absolute atomic E-state index is 12.3. The van der Waals surface area contributed by atoms with Gasteiger partial charge in [-0.25, -0.2) is 9.59 Å². The molecule has 2 rings (SSSR count). The van der Waals surface area contributed by atoms with Gasteiger partial charge in [-0.05, 0) is 31.9 Å². The Morgan fingerprint density at radius 3 is 2.33 bits per heavy atom. The number of benzene rings is 1. The second kappa shape index (κ2) is 5.73. The highest BCUT2D eigenvalue weighted by molar-refractivity contribution is 5.94. The molecule has 1 aromatic rings. The monoisotopic (exact) mass is 292 g/mol. The number of aliphatic hydroxyl groups is 1. The van der Waals surface area contributed by atoms with Crippen LogP contribution >= 0.6 is 0 Å². The Balaban J connectivity index is 2.20. The summed E-state index contributed by atoms with van der Waals surface area (Å²) in [7, 11) is 0. The third-order valence-corrected chi connectivity index (χ3v) is 3.73. The molecule has 0 radical (unpaired) electrons. The van der Waals surface area contributed by atoms with E-state index in [1.165, 1.54) is 4.90 Å². The van der Waals surface area contributed by atoms with Crippen molar-refractivity contribution < 1.29 is 19.8 Å². The first-order valence-corrected chi connectivity index (χ1v) is 6.86. The van der Waals surface area contributed by atoms with Crippen molar-refractivity contribution in [2.45, 2.75) is 39.3 Å². The number of carboxylic acids is 1. The van der Waals surface area contributed by atoms with Crippen LogP contribution < -0.4 is 5.32 Å². The van der Waals surface area contributed by atoms with Gasteiger partial charge in [0, 0.05) is 18.7 Å². The highest BCUT2D eigenvalue weighted by atomic mass is 16.4. The molecule has 0 spiro atoms. The summed E-state index contributed by atoms with van der Waals surface area (Å²) in [6.45, 7) is 5.79. The third-order valence-electron chi connectivity index (χ3n) is 3.73. The van der Waals surface area contributed by atoms with E-state index in [4.69, 9.17) is 5.11 Å². The van der Waals surface area contributed by atoms with E-state index < -0.39 is 24.1 Å². The molecule has 2 amide bonds. The molecule has 2 atom stereocenters. The smallest absolute Gasteiger partial charge is 0.326 e. The molecule has 0 aliphatic carbocycles. The first kappa shape index (κ1) is 15.3. The number of aliphatic hydroxyl groups excluding tert-OH is 1. The van der Waals surface area contributed by atoms with E-state index in [1.807, 2.05) is 32.9 Å². The molecule has 6 nitrogen and oxygen atoms in total. The quantitative estimate of drug-likeness (QED) is 0.773. The van der Waals surface area contributed by atoms with Gasteiger partial charge >= 0.3 is 12.0 Å². The summed E-state index contributed by atoms with van der Waals surface area (Å²) < 4.78 is 0. The van der Waals surface area contributed by atoms with Crippen molar-refractivity contribution in [1.82, 2.24) is 4.90 Å². The molecule has 1 aliphatic heterocycles. The van der Waals surface area contributed by atoms with Crippen LogP contribution in [0.4, 0.5) is 10.5 Å². The summed E-state index contributed by atoms with van der Waals surface area (Å²) in [5.41, 5.74) is 3.64. The van der Waals surface area contributed by atoms with Gasteiger partial charge in [-0.2, -0.15) is 0 Å². The molecule has 1 heterocycles. The lowest BCUT2D eigenvalue weighted by Crippen LogP contribution is -2.43. The van der Waals surface area contributed by atoms with Gasteiger partial charge in [0.25, 0.3) is 0 Å². The van der Waals surface area contributed by atoms with Crippen LogP contribution in [0.5, 0.6) is 0 Å². The normalized spacial score (nSPS) is 21.4. The van der Waals surface area contributed by atoms with Crippen molar-refractivity contribution in [3.63, 3.8) is 0 Å². The molecule has 0 bridgehead atoms. The summed E-state index contributed by atoms with van der Waals surface area (Å²) in [5.74, 6) is -1.10. The van der Waals surface area contributed by atoms with Gasteiger partial charge in [-0.15, -0.1) is 0 Å². The van der Waals surface area contributed by atoms with Crippen LogP contribution in [0.2, 0.25) is 0 Å². The largest absolute Gasteiger partial charge is 0.480 e. The second-order valence-corrected chi connectivity index (χ2v) is 5.60. The first-order valence-electron chi connectivity index (χ1n) is 6.86. The first-order chi connectivity index (χ1) is 9.79. The Morgan fingerprint density at radius 2 is 1.81 bits per heavy atom. The molecule has 0 unspecified atom stereocenters. The van der Waals surface area contributed by atoms with E-state index in [-0.39, 0.29) is 13.0 Å². The van der Waals surface area contributed by atoms with E-state index in [9.17, 15) is 14.7 Å². The zero-order valence-corrected chi connectivity index (χ0v) is 12.4. The number of likely N-dealkylation sites (tertiary alicyclic amines) is 1. The molecule has 0 saturated carbocycles. The number of anilines is 1. The van der Waals surface area contributed by atoms with Crippen LogP contribution in [0.15, 0.2) is 12.1 Å². The average molecular weight is 292 g/mol. The van der Waals surface area contributed by atoms with E-state index in [2.05, 4.69) is 5.32 Å². The summed E-state index contributed by atoms with van der Waals surface area (Å²) in [6.07, 6.45) is -0.730. The maximum atomic E-state index is 12.3. The predicted octanol–water partition coefficient (Wildman–Crippen LogP) is 1.66. The molecule has 1 aromatic carbocycles. The third kappa shape index (κ3) is 3.16. The lowest BCUT2D eigenvalue weighted by molar-refractivity contribution is -0.141. The minimum atomic E-state index is -1.10. The van der Waals surface area contributed by atoms with Crippen LogP contribution in [0.25, 0.3) is 0 Å². The molecule has 1 aliphatic rings. The fraction of sp³-hybridized carbons (Fsp3) is 0.467. The zero-order chi connectivity index (χ0) is 15.7. The number of hydrogen-bond acceptors (Lipinski definition) is 3. The fourth-order valence-corrected chi connectivity index (χ4v) is 2.83. The van der Waals surface area contributed by atoms with Crippen molar-refractivity contribution >= 4 is 17.7 Å². The van der Waals surface area contributed by atoms with Crippen LogP contribution in [0.3, 0.4) is 0 Å². The topological polar surface area (TPSA) is 89.9 Å². The molecule has 6 heteroatoms. The Bertz CT molecular complexity index is 562. The number of amides is 2. The Kier molecular flexibility index (Phi) is 4.18. The van der Waals surface area contributed by atoms with Crippen LogP contribution in [-0.4, -0.2) is 45.8 Å². The Morgan fingerprint density at radius 1 is 1.24 bits per heavy atom. The number of carbonyl (C=O) groups is 2. The Labute approximate surface area is 123 Å². The fourth-order valence-electron chi connectivity index (χ4n) is 2.83. The van der Waals surface area contributed by atoms with Crippen LogP contribution in [0.1, 0.15) is 23.1 Å². The molecule has 114 valence electrons. The number of carboxylic acid groups (broad SMARTS) is 1. The molecule has 3 N–H and O–H groups in total. The van der Waals surface area contributed by atoms with Gasteiger partial charge in [0.2, 0.25) is 0 Å². The Hall–Kier alpha value is -2.08. The van der Waals surface area contributed by atoms with Gasteiger partial charge in [-0.3, -0.25) is 0 Å². The van der Waals surface area contributed by atoms with Crippen molar-refractivity contribution in [2.75, 3.05) is 11.9 Å². The number of rotatable bonds is 2. The summed E-state index contributed by atoms with van der Waals surface area (Å²) in [5, 5.41) is 21.5. The van der Waals surface area contributed by atoms with Crippen molar-refractivity contribution in [3.8, 4) is 0 Å². The SMILES string of the molecule is Cc1cc(C)c(NC(=O)N2C[C@@H](O)C[C@H]2C(=O)O)c(C)c1. The van der Waals surface area contributed by atoms with E-state index in [0.29, 0.717) is 5.69 Å². The van der Waals surface area contributed by atoms with Gasteiger partial charge < -0.3 is 20.4 Å². The number of hydrogen-bond donors (Lipinski definition) is 3. The molecular formula is C15H20N2O4. The second-order valence-electron chi connectivity index (χ2n) is 5.60. The number of carbonyl (C=O) groups excluding carboxylic acids is 1. The van der Waals surface area contributed by atoms with E-state index >= 15 is 0 Å². The average Bonchev–Trinajstić information content (AvgIpc) is 2.76. The molecule has 0 aromatic heterocycles. The summed E-state index contributed by atoms with van der Waals surface area (Å²) in [4.78, 5) is 24.6. The number of β-amino-alcohol motifs (C(OH)–C–C–N with tert-alkyl or cyclic N) is 1. The van der Waals surface area contributed by atoms with Crippen molar-refractivity contribution in [2.24, 2.45) is 0 Å². The van der Waals surface area contributed by atoms with Gasteiger partial charge in [0.1, 0.15) is 6.04 Å². The molecule has 1 fully saturated rings. The van der Waals surface area contributed by atoms with Gasteiger partial charge in [-0.1, -0.05) is 17.7 Å². The van der Waals surface area contributed by atoms with Crippen LogP contribution in [0, 0.1) is 20.8 Å². The molecular weight excluding hydrogens is 272 g/mol.